The maximum absolute atomic E-state index is 5.12. The van der Waals surface area contributed by atoms with Crippen molar-refractivity contribution in [3.8, 4) is 56.4 Å². The summed E-state index contributed by atoms with van der Waals surface area (Å²) < 4.78 is 0. The summed E-state index contributed by atoms with van der Waals surface area (Å²) in [7, 11) is 0. The Balaban J connectivity index is 1.08. The third kappa shape index (κ3) is 4.60. The fourth-order valence-corrected chi connectivity index (χ4v) is 9.90. The van der Waals surface area contributed by atoms with E-state index in [1.54, 1.807) is 0 Å². The molecule has 8 aromatic carbocycles. The summed E-state index contributed by atoms with van der Waals surface area (Å²) in [5.74, 6) is 1.96. The Morgan fingerprint density at radius 2 is 0.833 bits per heavy atom. The Bertz CT molecular complexity index is 2870. The third-order valence-electron chi connectivity index (χ3n) is 11.0. The summed E-state index contributed by atoms with van der Waals surface area (Å²) in [5, 5.41) is 2.27. The molecule has 0 amide bonds. The number of nitrogens with zero attached hydrogens (tertiary/aromatic N) is 3. The first-order chi connectivity index (χ1) is 26.8. The van der Waals surface area contributed by atoms with Crippen LogP contribution in [0.2, 0.25) is 0 Å². The first-order valence-electron chi connectivity index (χ1n) is 18.3. The fourth-order valence-electron chi connectivity index (χ4n) is 8.70. The zero-order valence-electron chi connectivity index (χ0n) is 29.1. The van der Waals surface area contributed by atoms with Gasteiger partial charge >= 0.3 is 0 Å². The van der Waals surface area contributed by atoms with Gasteiger partial charge in [0.1, 0.15) is 0 Å². The van der Waals surface area contributed by atoms with Gasteiger partial charge in [-0.15, -0.1) is 0 Å². The molecule has 0 radical (unpaired) electrons. The van der Waals surface area contributed by atoms with Crippen molar-refractivity contribution >= 4 is 22.5 Å². The van der Waals surface area contributed by atoms with Crippen molar-refractivity contribution in [2.75, 3.05) is 0 Å². The van der Waals surface area contributed by atoms with E-state index in [2.05, 4.69) is 170 Å². The molecule has 9 aromatic rings. The number of fused-ring (bicyclic) bond motifs is 10. The van der Waals surface area contributed by atoms with Crippen LogP contribution in [0.1, 0.15) is 22.3 Å². The second-order valence-electron chi connectivity index (χ2n) is 13.9. The summed E-state index contributed by atoms with van der Waals surface area (Å²) >= 11 is 1.88. The number of hydrogen-bond donors (Lipinski definition) is 0. The lowest BCUT2D eigenvalue weighted by atomic mass is 9.67. The standard InChI is InChI=1S/C50H31N3S/c1-2-15-34(16-3-1)47-51-48(53-49(52-47)38-21-12-17-32-14-4-5-18-36(32)38)35-30-28-33(29-31-35)37-20-13-25-43-46(37)39-19-6-7-22-40(39)50(43)41-23-8-10-26-44(41)54-45-27-11-9-24-42(45)50/h1-31H. The van der Waals surface area contributed by atoms with Crippen LogP contribution in [0.25, 0.3) is 67.2 Å². The zero-order valence-corrected chi connectivity index (χ0v) is 30.0. The summed E-state index contributed by atoms with van der Waals surface area (Å²) in [4.78, 5) is 17.8. The molecule has 1 aliphatic carbocycles. The van der Waals surface area contributed by atoms with Crippen LogP contribution in [0.15, 0.2) is 198 Å². The molecule has 1 aromatic heterocycles. The van der Waals surface area contributed by atoms with Crippen LogP contribution < -0.4 is 0 Å². The summed E-state index contributed by atoms with van der Waals surface area (Å²) in [6.45, 7) is 0. The molecule has 1 aliphatic heterocycles. The van der Waals surface area contributed by atoms with E-state index >= 15 is 0 Å². The van der Waals surface area contributed by atoms with Gasteiger partial charge in [0.15, 0.2) is 17.5 Å². The average Bonchev–Trinajstić information content (AvgIpc) is 3.54. The van der Waals surface area contributed by atoms with Crippen LogP contribution in [-0.2, 0) is 5.41 Å². The molecular weight excluding hydrogens is 675 g/mol. The molecule has 0 bridgehead atoms. The summed E-state index contributed by atoms with van der Waals surface area (Å²) in [6, 6.07) is 67.4. The average molecular weight is 706 g/mol. The number of aromatic nitrogens is 3. The first-order valence-corrected chi connectivity index (χ1v) is 19.1. The Kier molecular flexibility index (Phi) is 7.01. The minimum atomic E-state index is -0.406. The Labute approximate surface area is 318 Å². The SMILES string of the molecule is c1ccc(-c2nc(-c3ccc(-c4cccc5c4-c4ccccc4C54c5ccccc5Sc5ccccc54)cc3)nc(-c3cccc4ccccc34)n2)cc1. The van der Waals surface area contributed by atoms with Gasteiger partial charge in [-0.05, 0) is 67.4 Å². The van der Waals surface area contributed by atoms with E-state index in [4.69, 9.17) is 15.0 Å². The summed E-state index contributed by atoms with van der Waals surface area (Å²) in [6.07, 6.45) is 0. The number of hydrogen-bond acceptors (Lipinski definition) is 4. The Morgan fingerprint density at radius 1 is 0.333 bits per heavy atom. The molecule has 2 heterocycles. The van der Waals surface area contributed by atoms with E-state index in [0.717, 1.165) is 33.0 Å². The minimum Gasteiger partial charge on any atom is -0.208 e. The molecule has 0 fully saturated rings. The van der Waals surface area contributed by atoms with Gasteiger partial charge in [-0.25, -0.2) is 15.0 Å². The highest BCUT2D eigenvalue weighted by molar-refractivity contribution is 7.99. The van der Waals surface area contributed by atoms with Crippen LogP contribution in [0.5, 0.6) is 0 Å². The quantitative estimate of drug-likeness (QED) is 0.183. The van der Waals surface area contributed by atoms with Crippen molar-refractivity contribution in [2.45, 2.75) is 15.2 Å². The lowest BCUT2D eigenvalue weighted by Crippen LogP contribution is -2.31. The highest BCUT2D eigenvalue weighted by atomic mass is 32.2. The van der Waals surface area contributed by atoms with Crippen molar-refractivity contribution in [2.24, 2.45) is 0 Å². The number of benzene rings is 8. The van der Waals surface area contributed by atoms with Crippen LogP contribution in [0, 0.1) is 0 Å². The smallest absolute Gasteiger partial charge is 0.164 e. The van der Waals surface area contributed by atoms with Gasteiger partial charge < -0.3 is 0 Å². The van der Waals surface area contributed by atoms with Gasteiger partial charge in [-0.3, -0.25) is 0 Å². The molecule has 0 saturated heterocycles. The molecule has 2 aliphatic rings. The largest absolute Gasteiger partial charge is 0.208 e. The Morgan fingerprint density at radius 3 is 1.59 bits per heavy atom. The van der Waals surface area contributed by atoms with E-state index in [1.165, 1.54) is 48.7 Å². The normalized spacial score (nSPS) is 13.3. The van der Waals surface area contributed by atoms with Crippen molar-refractivity contribution in [3.63, 3.8) is 0 Å². The second kappa shape index (κ2) is 12.2. The van der Waals surface area contributed by atoms with Crippen LogP contribution >= 0.6 is 11.8 Å². The van der Waals surface area contributed by atoms with Crippen molar-refractivity contribution in [1.82, 2.24) is 15.0 Å². The maximum atomic E-state index is 5.12. The predicted molar refractivity (Wildman–Crippen MR) is 221 cm³/mol. The lowest BCUT2D eigenvalue weighted by Gasteiger charge is -2.39. The van der Waals surface area contributed by atoms with Gasteiger partial charge in [-0.1, -0.05) is 188 Å². The zero-order chi connectivity index (χ0) is 35.6. The van der Waals surface area contributed by atoms with Crippen LogP contribution in [-0.4, -0.2) is 15.0 Å². The molecule has 1 spiro atoms. The molecule has 0 N–H and O–H groups in total. The van der Waals surface area contributed by atoms with Crippen molar-refractivity contribution < 1.29 is 0 Å². The molecule has 54 heavy (non-hydrogen) atoms. The van der Waals surface area contributed by atoms with E-state index in [1.807, 2.05) is 30.0 Å². The predicted octanol–water partition coefficient (Wildman–Crippen LogP) is 12.5. The minimum absolute atomic E-state index is 0.406. The highest BCUT2D eigenvalue weighted by Crippen LogP contribution is 2.63. The van der Waals surface area contributed by atoms with Gasteiger partial charge in [-0.2, -0.15) is 0 Å². The molecule has 0 saturated carbocycles. The van der Waals surface area contributed by atoms with E-state index in [-0.39, 0.29) is 0 Å². The van der Waals surface area contributed by atoms with Gasteiger partial charge in [0.2, 0.25) is 0 Å². The summed E-state index contributed by atoms with van der Waals surface area (Å²) in [5.41, 5.74) is 12.8. The van der Waals surface area contributed by atoms with Gasteiger partial charge in [0.05, 0.1) is 5.41 Å². The molecule has 0 unspecified atom stereocenters. The van der Waals surface area contributed by atoms with Crippen molar-refractivity contribution in [1.29, 1.82) is 0 Å². The molecular formula is C50H31N3S. The Hall–Kier alpha value is -6.62. The van der Waals surface area contributed by atoms with E-state index in [0.29, 0.717) is 17.5 Å². The fraction of sp³-hybridized carbons (Fsp3) is 0.0200. The highest BCUT2D eigenvalue weighted by Gasteiger charge is 2.50. The topological polar surface area (TPSA) is 38.7 Å². The third-order valence-corrected chi connectivity index (χ3v) is 12.2. The van der Waals surface area contributed by atoms with Crippen LogP contribution in [0.3, 0.4) is 0 Å². The van der Waals surface area contributed by atoms with E-state index in [9.17, 15) is 0 Å². The van der Waals surface area contributed by atoms with E-state index < -0.39 is 5.41 Å². The first kappa shape index (κ1) is 31.0. The van der Waals surface area contributed by atoms with Crippen LogP contribution in [0.4, 0.5) is 0 Å². The van der Waals surface area contributed by atoms with Gasteiger partial charge in [0.25, 0.3) is 0 Å². The van der Waals surface area contributed by atoms with Gasteiger partial charge in [0, 0.05) is 26.5 Å². The van der Waals surface area contributed by atoms with Crippen molar-refractivity contribution in [3.05, 3.63) is 210 Å². The maximum Gasteiger partial charge on any atom is 0.164 e. The monoisotopic (exact) mass is 705 g/mol. The molecule has 3 nitrogen and oxygen atoms in total. The molecule has 252 valence electrons. The number of rotatable bonds is 4. The second-order valence-corrected chi connectivity index (χ2v) is 15.0. The lowest BCUT2D eigenvalue weighted by molar-refractivity contribution is 0.722. The molecule has 4 heteroatoms. The molecule has 11 rings (SSSR count). The molecule has 0 atom stereocenters.